The number of amides is 7. The summed E-state index contributed by atoms with van der Waals surface area (Å²) in [5.41, 5.74) is 12.1. The first-order chi connectivity index (χ1) is 28.0. The van der Waals surface area contributed by atoms with Crippen LogP contribution in [-0.4, -0.2) is 119 Å². The minimum Gasteiger partial charge on any atom is -0.480 e. The standard InChI is InChI=1S/C38H52N10O9S2/c1-21-31(50)45-27(17-24-11-6-4-7-12-24)34(53)46-28(18-25-13-8-5-9-14-25)35(54)48-30(37(56)57)20-59-58-19-29(36(55)43-21)47-32(51)22(2)42-33(52)26(44-23(3)49)15-10-16-41-38(39)40/h4-9,11-14,21-22,26-30H,10,15-20H2,1-3H3,(H,42,52)(H,43,55)(H,44,49)(H,45,50)(H,46,53)(H,47,51)(H,48,54)(H,56,57)(H4,39,40,41)/t21-,22-,26-,27-,28-,29+,30-/m0/s1. The minimum absolute atomic E-state index is 0.00510. The fourth-order valence-electron chi connectivity index (χ4n) is 5.62. The molecule has 2 aromatic rings. The van der Waals surface area contributed by atoms with Gasteiger partial charge in [0, 0.05) is 37.8 Å². The molecule has 1 aliphatic rings. The number of benzene rings is 2. The number of guanidine groups is 1. The molecule has 0 aliphatic carbocycles. The zero-order valence-electron chi connectivity index (χ0n) is 32.9. The van der Waals surface area contributed by atoms with Crippen LogP contribution < -0.4 is 48.7 Å². The number of aliphatic carboxylic acids is 1. The summed E-state index contributed by atoms with van der Waals surface area (Å²) in [5, 5.41) is 28.1. The van der Waals surface area contributed by atoms with Crippen molar-refractivity contribution < 1.29 is 43.5 Å². The van der Waals surface area contributed by atoms with Gasteiger partial charge in [-0.25, -0.2) is 4.79 Å². The number of carbonyl (C=O) groups is 8. The lowest BCUT2D eigenvalue weighted by molar-refractivity contribution is -0.141. The average Bonchev–Trinajstić information content (AvgIpc) is 3.18. The molecule has 3 rings (SSSR count). The Morgan fingerprint density at radius 3 is 1.86 bits per heavy atom. The van der Waals surface area contributed by atoms with Crippen LogP contribution in [0, 0.1) is 0 Å². The molecule has 19 nitrogen and oxygen atoms in total. The van der Waals surface area contributed by atoms with Gasteiger partial charge in [0.15, 0.2) is 5.96 Å². The minimum atomic E-state index is -1.42. The van der Waals surface area contributed by atoms with E-state index in [0.29, 0.717) is 17.5 Å². The van der Waals surface area contributed by atoms with Crippen molar-refractivity contribution in [1.29, 1.82) is 0 Å². The van der Waals surface area contributed by atoms with E-state index in [9.17, 15) is 43.5 Å². The van der Waals surface area contributed by atoms with Gasteiger partial charge < -0.3 is 53.8 Å². The Morgan fingerprint density at radius 1 is 0.780 bits per heavy atom. The average molecular weight is 857 g/mol. The predicted molar refractivity (Wildman–Crippen MR) is 223 cm³/mol. The molecule has 0 spiro atoms. The summed E-state index contributed by atoms with van der Waals surface area (Å²) in [7, 11) is 2.02. The van der Waals surface area contributed by atoms with Crippen LogP contribution >= 0.6 is 21.6 Å². The monoisotopic (exact) mass is 856 g/mol. The van der Waals surface area contributed by atoms with Gasteiger partial charge in [-0.15, -0.1) is 0 Å². The highest BCUT2D eigenvalue weighted by atomic mass is 33.1. The van der Waals surface area contributed by atoms with Gasteiger partial charge in [-0.05, 0) is 37.8 Å². The van der Waals surface area contributed by atoms with Crippen molar-refractivity contribution in [3.63, 3.8) is 0 Å². The number of nitrogens with two attached hydrogens (primary N) is 2. The summed E-state index contributed by atoms with van der Waals surface area (Å²) >= 11 is 0. The molecule has 0 bridgehead atoms. The molecule has 2 aromatic carbocycles. The van der Waals surface area contributed by atoms with E-state index < -0.39 is 89.6 Å². The van der Waals surface area contributed by atoms with Crippen molar-refractivity contribution in [2.75, 3.05) is 18.1 Å². The van der Waals surface area contributed by atoms with Gasteiger partial charge in [-0.3, -0.25) is 38.6 Å². The number of hydrogen-bond donors (Lipinski definition) is 10. The number of nitrogens with zero attached hydrogens (tertiary/aromatic N) is 1. The Hall–Kier alpha value is -5.83. The first-order valence-corrected chi connectivity index (χ1v) is 21.2. The van der Waals surface area contributed by atoms with Gasteiger partial charge in [0.1, 0.15) is 42.3 Å². The molecule has 21 heteroatoms. The highest BCUT2D eigenvalue weighted by Crippen LogP contribution is 2.23. The molecular formula is C38H52N10O9S2. The zero-order valence-corrected chi connectivity index (χ0v) is 34.5. The van der Waals surface area contributed by atoms with E-state index in [1.807, 2.05) is 0 Å². The molecule has 59 heavy (non-hydrogen) atoms. The van der Waals surface area contributed by atoms with Crippen LogP contribution in [0.15, 0.2) is 65.7 Å². The van der Waals surface area contributed by atoms with Gasteiger partial charge in [0.2, 0.25) is 41.4 Å². The summed E-state index contributed by atoms with van der Waals surface area (Å²) in [6, 6.07) is 8.93. The summed E-state index contributed by atoms with van der Waals surface area (Å²) < 4.78 is 0. The maximum Gasteiger partial charge on any atom is 0.327 e. The van der Waals surface area contributed by atoms with Gasteiger partial charge in [-0.1, -0.05) is 82.3 Å². The molecular weight excluding hydrogens is 805 g/mol. The topological polar surface area (TPSA) is 305 Å². The maximum absolute atomic E-state index is 13.9. The van der Waals surface area contributed by atoms with E-state index >= 15 is 0 Å². The zero-order chi connectivity index (χ0) is 43.5. The molecule has 0 saturated carbocycles. The Kier molecular flexibility index (Phi) is 19.5. The van der Waals surface area contributed by atoms with E-state index in [0.717, 1.165) is 21.6 Å². The number of hydrogen-bond acceptors (Lipinski definition) is 11. The summed E-state index contributed by atoms with van der Waals surface area (Å²) in [6.07, 6.45) is 0.497. The lowest BCUT2D eigenvalue weighted by Crippen LogP contribution is -2.60. The summed E-state index contributed by atoms with van der Waals surface area (Å²) in [6.45, 7) is 4.18. The number of rotatable bonds is 14. The van der Waals surface area contributed by atoms with Crippen molar-refractivity contribution in [2.45, 2.75) is 88.7 Å². The van der Waals surface area contributed by atoms with Crippen LogP contribution in [0.5, 0.6) is 0 Å². The van der Waals surface area contributed by atoms with Crippen molar-refractivity contribution in [2.24, 2.45) is 16.5 Å². The van der Waals surface area contributed by atoms with Crippen LogP contribution in [0.4, 0.5) is 0 Å². The SMILES string of the molecule is CC(=O)N[C@@H](CCCN=C(N)N)C(=O)N[C@@H](C)C(=O)N[C@@H]1CSSC[C@@H](C(=O)O)NC(=O)[C@H](Cc2ccccc2)NC(=O)[C@H](Cc2ccccc2)NC(=O)[C@H](C)NC1=O. The van der Waals surface area contributed by atoms with E-state index in [1.54, 1.807) is 60.7 Å². The third kappa shape index (κ3) is 16.9. The highest BCUT2D eigenvalue weighted by Gasteiger charge is 2.33. The van der Waals surface area contributed by atoms with E-state index in [-0.39, 0.29) is 43.3 Å². The lowest BCUT2D eigenvalue weighted by Gasteiger charge is -2.26. The first kappa shape index (κ1) is 47.5. The van der Waals surface area contributed by atoms with E-state index in [4.69, 9.17) is 11.5 Å². The lowest BCUT2D eigenvalue weighted by atomic mass is 10.0. The molecule has 0 unspecified atom stereocenters. The third-order valence-electron chi connectivity index (χ3n) is 8.77. The van der Waals surface area contributed by atoms with Gasteiger partial charge in [-0.2, -0.15) is 0 Å². The Morgan fingerprint density at radius 2 is 1.32 bits per heavy atom. The number of carboxylic acids is 1. The van der Waals surface area contributed by atoms with Crippen LogP contribution in [0.1, 0.15) is 44.7 Å². The molecule has 1 aliphatic heterocycles. The smallest absolute Gasteiger partial charge is 0.327 e. The molecule has 1 fully saturated rings. The second-order valence-electron chi connectivity index (χ2n) is 13.7. The van der Waals surface area contributed by atoms with Gasteiger partial charge in [0.05, 0.1) is 0 Å². The summed E-state index contributed by atoms with van der Waals surface area (Å²) in [5.74, 6) is -6.77. The first-order valence-electron chi connectivity index (χ1n) is 18.7. The van der Waals surface area contributed by atoms with Crippen molar-refractivity contribution in [3.05, 3.63) is 71.8 Å². The molecule has 1 heterocycles. The number of carbonyl (C=O) groups excluding carboxylic acids is 7. The van der Waals surface area contributed by atoms with Crippen molar-refractivity contribution in [3.8, 4) is 0 Å². The Balaban J connectivity index is 1.86. The van der Waals surface area contributed by atoms with E-state index in [2.05, 4.69) is 42.2 Å². The fraction of sp³-hybridized carbons (Fsp3) is 0.447. The second-order valence-corrected chi connectivity index (χ2v) is 16.2. The normalized spacial score (nSPS) is 21.7. The molecule has 0 radical (unpaired) electrons. The van der Waals surface area contributed by atoms with Gasteiger partial charge in [0.25, 0.3) is 0 Å². The summed E-state index contributed by atoms with van der Waals surface area (Å²) in [4.78, 5) is 109. The number of nitrogens with one attached hydrogen (secondary N) is 7. The van der Waals surface area contributed by atoms with Gasteiger partial charge >= 0.3 is 5.97 Å². The van der Waals surface area contributed by atoms with Crippen molar-refractivity contribution in [1.82, 2.24) is 37.2 Å². The molecule has 7 atom stereocenters. The van der Waals surface area contributed by atoms with E-state index in [1.165, 1.54) is 20.8 Å². The van der Waals surface area contributed by atoms with Crippen LogP contribution in [-0.2, 0) is 51.2 Å². The largest absolute Gasteiger partial charge is 0.480 e. The fourth-order valence-corrected chi connectivity index (χ4v) is 7.94. The third-order valence-corrected chi connectivity index (χ3v) is 11.2. The Labute approximate surface area is 349 Å². The second kappa shape index (κ2) is 24.2. The number of aliphatic imine (C=N–C) groups is 1. The molecule has 7 amide bonds. The van der Waals surface area contributed by atoms with Crippen LogP contribution in [0.25, 0.3) is 0 Å². The quantitative estimate of drug-likeness (QED) is 0.0447. The van der Waals surface area contributed by atoms with Crippen molar-refractivity contribution >= 4 is 74.9 Å². The maximum atomic E-state index is 13.9. The van der Waals surface area contributed by atoms with Crippen LogP contribution in [0.3, 0.4) is 0 Å². The van der Waals surface area contributed by atoms with Crippen LogP contribution in [0.2, 0.25) is 0 Å². The number of carboxylic acid groups (broad SMARTS) is 1. The molecule has 1 saturated heterocycles. The molecule has 0 aromatic heterocycles. The predicted octanol–water partition coefficient (Wildman–Crippen LogP) is -1.54. The highest BCUT2D eigenvalue weighted by molar-refractivity contribution is 8.76. The Bertz CT molecular complexity index is 1820. The molecule has 320 valence electrons. The molecule has 12 N–H and O–H groups in total.